The maximum atomic E-state index is 6.21. The Morgan fingerprint density at radius 1 is 0.333 bits per heavy atom. The van der Waals surface area contributed by atoms with Gasteiger partial charge in [-0.3, -0.25) is 0 Å². The van der Waals surface area contributed by atoms with Gasteiger partial charge < -0.3 is 9.47 Å². The largest absolute Gasteiger partial charge is 0.493 e. The summed E-state index contributed by atoms with van der Waals surface area (Å²) in [7, 11) is 0. The van der Waals surface area contributed by atoms with Gasteiger partial charge in [0.1, 0.15) is 11.5 Å². The molecule has 0 heterocycles. The summed E-state index contributed by atoms with van der Waals surface area (Å²) in [6.45, 7) is 8.51. The van der Waals surface area contributed by atoms with E-state index in [1.54, 1.807) is 0 Å². The average molecular weight is 587 g/mol. The van der Waals surface area contributed by atoms with Gasteiger partial charge in [-0.2, -0.15) is 0 Å². The maximum Gasteiger partial charge on any atom is 0.123 e. The first-order valence-electron chi connectivity index (χ1n) is 19.2. The SMILES string of the molecule is CCCCCCCCCCCCCCCOc1cc(CCCC)cc(OCCCCCCCCCCCCCCC)c1. The van der Waals surface area contributed by atoms with Crippen LogP contribution in [0.15, 0.2) is 18.2 Å². The Bertz CT molecular complexity index is 619. The number of hydrogen-bond donors (Lipinski definition) is 0. The molecule has 0 saturated carbocycles. The van der Waals surface area contributed by atoms with Crippen LogP contribution < -0.4 is 9.47 Å². The Hall–Kier alpha value is -1.18. The molecule has 0 atom stereocenters. The van der Waals surface area contributed by atoms with Crippen LogP contribution in [0, 0.1) is 0 Å². The Labute approximate surface area is 264 Å². The summed E-state index contributed by atoms with van der Waals surface area (Å²) < 4.78 is 12.4. The molecule has 1 aromatic carbocycles. The standard InChI is InChI=1S/C40H74O2/c1-4-7-10-12-14-16-18-20-22-24-26-28-30-33-41-39-35-38(32-9-6-3)36-40(37-39)42-34-31-29-27-25-23-21-19-17-15-13-11-8-5-2/h35-37H,4-34H2,1-3H3. The molecule has 42 heavy (non-hydrogen) atoms. The van der Waals surface area contributed by atoms with E-state index in [2.05, 4.69) is 39.0 Å². The van der Waals surface area contributed by atoms with Crippen LogP contribution >= 0.6 is 0 Å². The predicted octanol–water partition coefficient (Wildman–Crippen LogP) is 14.0. The number of hydrogen-bond acceptors (Lipinski definition) is 2. The predicted molar refractivity (Wildman–Crippen MR) is 187 cm³/mol. The molecule has 1 rings (SSSR count). The Kier molecular flexibility index (Phi) is 28.9. The van der Waals surface area contributed by atoms with Gasteiger partial charge in [0.15, 0.2) is 0 Å². The molecule has 0 spiro atoms. The Morgan fingerprint density at radius 3 is 0.929 bits per heavy atom. The highest BCUT2D eigenvalue weighted by molar-refractivity contribution is 5.38. The van der Waals surface area contributed by atoms with Crippen molar-refractivity contribution in [3.63, 3.8) is 0 Å². The van der Waals surface area contributed by atoms with E-state index in [-0.39, 0.29) is 0 Å². The first-order chi connectivity index (χ1) is 20.8. The second-order valence-electron chi connectivity index (χ2n) is 13.1. The lowest BCUT2D eigenvalue weighted by Gasteiger charge is -2.13. The van der Waals surface area contributed by atoms with E-state index >= 15 is 0 Å². The highest BCUT2D eigenvalue weighted by Gasteiger charge is 2.05. The van der Waals surface area contributed by atoms with Gasteiger partial charge in [-0.15, -0.1) is 0 Å². The van der Waals surface area contributed by atoms with Crippen molar-refractivity contribution in [2.45, 2.75) is 207 Å². The molecule has 0 aliphatic rings. The van der Waals surface area contributed by atoms with Crippen molar-refractivity contribution in [1.82, 2.24) is 0 Å². The molecule has 0 N–H and O–H groups in total. The number of unbranched alkanes of at least 4 members (excludes halogenated alkanes) is 25. The topological polar surface area (TPSA) is 18.5 Å². The van der Waals surface area contributed by atoms with Gasteiger partial charge >= 0.3 is 0 Å². The van der Waals surface area contributed by atoms with Crippen molar-refractivity contribution in [2.24, 2.45) is 0 Å². The summed E-state index contributed by atoms with van der Waals surface area (Å²) in [5.74, 6) is 2.01. The van der Waals surface area contributed by atoms with Gasteiger partial charge in [-0.1, -0.05) is 181 Å². The third-order valence-corrected chi connectivity index (χ3v) is 8.79. The van der Waals surface area contributed by atoms with Crippen molar-refractivity contribution in [2.75, 3.05) is 13.2 Å². The summed E-state index contributed by atoms with van der Waals surface area (Å²) in [6.07, 6.45) is 39.6. The smallest absolute Gasteiger partial charge is 0.123 e. The minimum absolute atomic E-state index is 0.827. The molecule has 0 amide bonds. The Balaban J connectivity index is 2.11. The molecule has 0 aromatic heterocycles. The fourth-order valence-electron chi connectivity index (χ4n) is 5.94. The van der Waals surface area contributed by atoms with Crippen molar-refractivity contribution in [3.05, 3.63) is 23.8 Å². The van der Waals surface area contributed by atoms with E-state index in [0.29, 0.717) is 0 Å². The van der Waals surface area contributed by atoms with E-state index in [0.717, 1.165) is 44.0 Å². The van der Waals surface area contributed by atoms with E-state index in [4.69, 9.17) is 9.47 Å². The number of rotatable bonds is 33. The lowest BCUT2D eigenvalue weighted by Crippen LogP contribution is -2.01. The highest BCUT2D eigenvalue weighted by atomic mass is 16.5. The summed E-state index contributed by atoms with van der Waals surface area (Å²) in [5.41, 5.74) is 1.36. The summed E-state index contributed by atoms with van der Waals surface area (Å²) >= 11 is 0. The second-order valence-corrected chi connectivity index (χ2v) is 13.1. The van der Waals surface area contributed by atoms with Crippen molar-refractivity contribution < 1.29 is 9.47 Å². The molecule has 0 saturated heterocycles. The number of ether oxygens (including phenoxy) is 2. The maximum absolute atomic E-state index is 6.21. The third-order valence-electron chi connectivity index (χ3n) is 8.79. The third kappa shape index (κ3) is 25.3. The zero-order valence-corrected chi connectivity index (χ0v) is 29.0. The van der Waals surface area contributed by atoms with Crippen LogP contribution in [0.1, 0.15) is 206 Å². The lowest BCUT2D eigenvalue weighted by atomic mass is 10.0. The number of aryl methyl sites for hydroxylation is 1. The van der Waals surface area contributed by atoms with Gasteiger partial charge in [-0.05, 0) is 43.4 Å². The molecule has 0 bridgehead atoms. The molecular formula is C40H74O2. The minimum atomic E-state index is 0.827. The molecule has 2 nitrogen and oxygen atoms in total. The molecule has 0 aliphatic heterocycles. The summed E-state index contributed by atoms with van der Waals surface area (Å²) in [6, 6.07) is 6.62. The average Bonchev–Trinajstić information content (AvgIpc) is 3.00. The van der Waals surface area contributed by atoms with Crippen LogP contribution in [0.25, 0.3) is 0 Å². The first kappa shape index (κ1) is 38.8. The monoisotopic (exact) mass is 587 g/mol. The molecule has 1 aromatic rings. The van der Waals surface area contributed by atoms with Crippen LogP contribution in [0.2, 0.25) is 0 Å². The molecule has 0 radical (unpaired) electrons. The fourth-order valence-corrected chi connectivity index (χ4v) is 5.94. The van der Waals surface area contributed by atoms with Crippen molar-refractivity contribution >= 4 is 0 Å². The van der Waals surface area contributed by atoms with E-state index in [1.807, 2.05) is 0 Å². The van der Waals surface area contributed by atoms with E-state index < -0.39 is 0 Å². The van der Waals surface area contributed by atoms with Crippen LogP contribution in [0.3, 0.4) is 0 Å². The zero-order chi connectivity index (χ0) is 30.2. The van der Waals surface area contributed by atoms with Gasteiger partial charge in [0.2, 0.25) is 0 Å². The molecule has 246 valence electrons. The zero-order valence-electron chi connectivity index (χ0n) is 29.0. The van der Waals surface area contributed by atoms with Gasteiger partial charge in [-0.25, -0.2) is 0 Å². The second kappa shape index (κ2) is 31.3. The van der Waals surface area contributed by atoms with E-state index in [1.165, 1.54) is 173 Å². The quantitative estimate of drug-likeness (QED) is 0.0763. The minimum Gasteiger partial charge on any atom is -0.493 e. The van der Waals surface area contributed by atoms with Crippen LogP contribution in [0.5, 0.6) is 11.5 Å². The molecule has 0 aliphatic carbocycles. The number of benzene rings is 1. The van der Waals surface area contributed by atoms with Gasteiger partial charge in [0.05, 0.1) is 13.2 Å². The van der Waals surface area contributed by atoms with E-state index in [9.17, 15) is 0 Å². The van der Waals surface area contributed by atoms with Crippen LogP contribution in [-0.2, 0) is 6.42 Å². The summed E-state index contributed by atoms with van der Waals surface area (Å²) in [5, 5.41) is 0. The van der Waals surface area contributed by atoms with Crippen LogP contribution in [0.4, 0.5) is 0 Å². The molecular weight excluding hydrogens is 512 g/mol. The van der Waals surface area contributed by atoms with Crippen molar-refractivity contribution in [3.8, 4) is 11.5 Å². The Morgan fingerprint density at radius 2 is 0.619 bits per heavy atom. The lowest BCUT2D eigenvalue weighted by molar-refractivity contribution is 0.289. The van der Waals surface area contributed by atoms with Crippen molar-refractivity contribution in [1.29, 1.82) is 0 Å². The normalized spacial score (nSPS) is 11.3. The van der Waals surface area contributed by atoms with Gasteiger partial charge in [0, 0.05) is 6.07 Å². The molecule has 2 heteroatoms. The van der Waals surface area contributed by atoms with Gasteiger partial charge in [0.25, 0.3) is 0 Å². The molecule has 0 unspecified atom stereocenters. The van der Waals surface area contributed by atoms with Crippen LogP contribution in [-0.4, -0.2) is 13.2 Å². The molecule has 0 fully saturated rings. The fraction of sp³-hybridized carbons (Fsp3) is 0.850. The summed E-state index contributed by atoms with van der Waals surface area (Å²) in [4.78, 5) is 0. The highest BCUT2D eigenvalue weighted by Crippen LogP contribution is 2.25. The first-order valence-corrected chi connectivity index (χ1v) is 19.2.